The van der Waals surface area contributed by atoms with Crippen molar-refractivity contribution in [2.24, 2.45) is 5.73 Å². The number of H-pyrrole nitrogens is 1. The molecule has 0 spiro atoms. The van der Waals surface area contributed by atoms with Crippen LogP contribution in [0.2, 0.25) is 0 Å². The first-order valence-electron chi connectivity index (χ1n) is 6.13. The highest BCUT2D eigenvalue weighted by Crippen LogP contribution is 2.19. The fraction of sp³-hybridized carbons (Fsp3) is 0.417. The van der Waals surface area contributed by atoms with Crippen LogP contribution >= 0.6 is 0 Å². The van der Waals surface area contributed by atoms with Crippen molar-refractivity contribution in [1.82, 2.24) is 19.9 Å². The van der Waals surface area contributed by atoms with Crippen molar-refractivity contribution in [3.05, 3.63) is 30.1 Å². The molecule has 2 rings (SSSR count). The van der Waals surface area contributed by atoms with Crippen molar-refractivity contribution < 1.29 is 8.42 Å². The first-order valence-corrected chi connectivity index (χ1v) is 8.19. The van der Waals surface area contributed by atoms with Gasteiger partial charge >= 0.3 is 0 Å². The van der Waals surface area contributed by atoms with Gasteiger partial charge in [0.25, 0.3) is 0 Å². The molecule has 0 bridgehead atoms. The van der Waals surface area contributed by atoms with Crippen LogP contribution in [0, 0.1) is 6.92 Å². The van der Waals surface area contributed by atoms with Gasteiger partial charge in [0.15, 0.2) is 0 Å². The van der Waals surface area contributed by atoms with Gasteiger partial charge in [-0.2, -0.15) is 0 Å². The van der Waals surface area contributed by atoms with E-state index in [1.807, 2.05) is 6.92 Å². The SMILES string of the molecule is Cc1nccnc1-c1cnc(C(N)CCS(C)(=O)=O)[nH]1. The lowest BCUT2D eigenvalue weighted by atomic mass is 10.2. The molecule has 8 heteroatoms. The van der Waals surface area contributed by atoms with Crippen LogP contribution in [0.1, 0.15) is 24.0 Å². The average molecular weight is 295 g/mol. The first-order chi connectivity index (χ1) is 9.37. The van der Waals surface area contributed by atoms with Crippen LogP contribution in [0.15, 0.2) is 18.6 Å². The molecule has 0 aliphatic rings. The summed E-state index contributed by atoms with van der Waals surface area (Å²) in [5, 5.41) is 0. The van der Waals surface area contributed by atoms with E-state index in [4.69, 9.17) is 5.73 Å². The van der Waals surface area contributed by atoms with Crippen molar-refractivity contribution in [3.8, 4) is 11.4 Å². The van der Waals surface area contributed by atoms with Crippen molar-refractivity contribution >= 4 is 9.84 Å². The summed E-state index contributed by atoms with van der Waals surface area (Å²) in [6, 6.07) is -0.449. The molecule has 0 aliphatic heterocycles. The minimum absolute atomic E-state index is 0.0361. The maximum atomic E-state index is 11.1. The fourth-order valence-corrected chi connectivity index (χ4v) is 2.48. The zero-order valence-electron chi connectivity index (χ0n) is 11.4. The molecular weight excluding hydrogens is 278 g/mol. The van der Waals surface area contributed by atoms with Crippen molar-refractivity contribution in [2.45, 2.75) is 19.4 Å². The Balaban J connectivity index is 2.15. The molecule has 1 unspecified atom stereocenters. The van der Waals surface area contributed by atoms with Crippen LogP contribution in [0.5, 0.6) is 0 Å². The molecule has 0 fully saturated rings. The maximum absolute atomic E-state index is 11.1. The Bertz CT molecular complexity index is 695. The molecule has 0 amide bonds. The number of hydrogen-bond donors (Lipinski definition) is 2. The van der Waals surface area contributed by atoms with Gasteiger partial charge in [0.2, 0.25) is 0 Å². The van der Waals surface area contributed by atoms with E-state index in [-0.39, 0.29) is 5.75 Å². The molecule has 20 heavy (non-hydrogen) atoms. The Kier molecular flexibility index (Phi) is 4.15. The highest BCUT2D eigenvalue weighted by atomic mass is 32.2. The van der Waals surface area contributed by atoms with Gasteiger partial charge in [-0.3, -0.25) is 9.97 Å². The largest absolute Gasteiger partial charge is 0.339 e. The maximum Gasteiger partial charge on any atom is 0.147 e. The molecule has 2 aromatic rings. The third kappa shape index (κ3) is 3.61. The molecule has 0 saturated carbocycles. The summed E-state index contributed by atoms with van der Waals surface area (Å²) in [6.45, 7) is 1.85. The van der Waals surface area contributed by atoms with E-state index in [0.29, 0.717) is 17.9 Å². The number of nitrogens with two attached hydrogens (primary N) is 1. The summed E-state index contributed by atoms with van der Waals surface area (Å²) in [4.78, 5) is 15.7. The van der Waals surface area contributed by atoms with Crippen LogP contribution in [-0.2, 0) is 9.84 Å². The van der Waals surface area contributed by atoms with Gasteiger partial charge in [0, 0.05) is 18.6 Å². The first kappa shape index (κ1) is 14.6. The molecule has 3 N–H and O–H groups in total. The van der Waals surface area contributed by atoms with Crippen LogP contribution in [0.4, 0.5) is 0 Å². The van der Waals surface area contributed by atoms with Gasteiger partial charge in [0.05, 0.1) is 29.4 Å². The van der Waals surface area contributed by atoms with Gasteiger partial charge in [-0.05, 0) is 13.3 Å². The molecule has 2 heterocycles. The number of nitrogens with one attached hydrogen (secondary N) is 1. The van der Waals surface area contributed by atoms with E-state index < -0.39 is 15.9 Å². The zero-order valence-corrected chi connectivity index (χ0v) is 12.2. The van der Waals surface area contributed by atoms with Crippen LogP contribution in [-0.4, -0.2) is 40.4 Å². The molecule has 1 atom stereocenters. The number of aromatic amines is 1. The molecular formula is C12H17N5O2S. The van der Waals surface area contributed by atoms with Gasteiger partial charge < -0.3 is 10.7 Å². The quantitative estimate of drug-likeness (QED) is 0.835. The van der Waals surface area contributed by atoms with E-state index in [9.17, 15) is 8.42 Å². The van der Waals surface area contributed by atoms with Gasteiger partial charge in [-0.15, -0.1) is 0 Å². The minimum atomic E-state index is -3.02. The molecule has 0 radical (unpaired) electrons. The van der Waals surface area contributed by atoms with Gasteiger partial charge in [0.1, 0.15) is 21.4 Å². The summed E-state index contributed by atoms with van der Waals surface area (Å²) < 4.78 is 22.3. The van der Waals surface area contributed by atoms with E-state index in [1.54, 1.807) is 18.6 Å². The molecule has 0 saturated heterocycles. The summed E-state index contributed by atoms with van der Waals surface area (Å²) in [6.07, 6.45) is 6.37. The number of aryl methyl sites for hydroxylation is 1. The van der Waals surface area contributed by atoms with E-state index in [2.05, 4.69) is 19.9 Å². The van der Waals surface area contributed by atoms with Crippen LogP contribution in [0.3, 0.4) is 0 Å². The number of rotatable bonds is 5. The smallest absolute Gasteiger partial charge is 0.147 e. The van der Waals surface area contributed by atoms with Crippen molar-refractivity contribution in [2.75, 3.05) is 12.0 Å². The number of imidazole rings is 1. The predicted molar refractivity (Wildman–Crippen MR) is 75.6 cm³/mol. The molecule has 0 aromatic carbocycles. The number of hydrogen-bond acceptors (Lipinski definition) is 6. The Morgan fingerprint density at radius 3 is 2.65 bits per heavy atom. The van der Waals surface area contributed by atoms with Gasteiger partial charge in [-0.1, -0.05) is 0 Å². The molecule has 0 aliphatic carbocycles. The number of sulfone groups is 1. The average Bonchev–Trinajstić information content (AvgIpc) is 2.85. The topological polar surface area (TPSA) is 115 Å². The van der Waals surface area contributed by atoms with Crippen LogP contribution in [0.25, 0.3) is 11.4 Å². The van der Waals surface area contributed by atoms with E-state index in [1.165, 1.54) is 6.26 Å². The summed E-state index contributed by atoms with van der Waals surface area (Å²) in [5.74, 6) is 0.586. The third-order valence-corrected chi connectivity index (χ3v) is 3.86. The van der Waals surface area contributed by atoms with E-state index >= 15 is 0 Å². The third-order valence-electron chi connectivity index (χ3n) is 2.88. The molecule has 7 nitrogen and oxygen atoms in total. The predicted octanol–water partition coefficient (Wildman–Crippen LogP) is 0.610. The van der Waals surface area contributed by atoms with Crippen LogP contribution < -0.4 is 5.73 Å². The highest BCUT2D eigenvalue weighted by Gasteiger charge is 2.15. The lowest BCUT2D eigenvalue weighted by molar-refractivity contribution is 0.588. The summed E-state index contributed by atoms with van der Waals surface area (Å²) >= 11 is 0. The number of nitrogens with zero attached hydrogens (tertiary/aromatic N) is 3. The Labute approximate surface area is 117 Å². The second-order valence-corrected chi connectivity index (χ2v) is 6.96. The summed E-state index contributed by atoms with van der Waals surface area (Å²) in [5.41, 5.74) is 8.15. The van der Waals surface area contributed by atoms with E-state index in [0.717, 1.165) is 11.4 Å². The zero-order chi connectivity index (χ0) is 14.8. The highest BCUT2D eigenvalue weighted by molar-refractivity contribution is 7.90. The lowest BCUT2D eigenvalue weighted by Crippen LogP contribution is -2.16. The second kappa shape index (κ2) is 5.68. The molecule has 108 valence electrons. The summed E-state index contributed by atoms with van der Waals surface area (Å²) in [7, 11) is -3.02. The second-order valence-electron chi connectivity index (χ2n) is 4.70. The lowest BCUT2D eigenvalue weighted by Gasteiger charge is -2.07. The van der Waals surface area contributed by atoms with Crippen molar-refractivity contribution in [3.63, 3.8) is 0 Å². The monoisotopic (exact) mass is 295 g/mol. The molecule has 2 aromatic heterocycles. The van der Waals surface area contributed by atoms with Crippen molar-refractivity contribution in [1.29, 1.82) is 0 Å². The Morgan fingerprint density at radius 1 is 1.30 bits per heavy atom. The number of aromatic nitrogens is 4. The normalized spacial score (nSPS) is 13.3. The fourth-order valence-electron chi connectivity index (χ4n) is 1.80. The Morgan fingerprint density at radius 2 is 2.00 bits per heavy atom. The standard InChI is InChI=1S/C12H17N5O2S/c1-8-11(15-5-4-14-8)10-7-16-12(17-10)9(13)3-6-20(2,18)19/h4-5,7,9H,3,6,13H2,1-2H3,(H,16,17). The minimum Gasteiger partial charge on any atom is -0.339 e. The van der Waals surface area contributed by atoms with Gasteiger partial charge in [-0.25, -0.2) is 13.4 Å². The Hall–Kier alpha value is -1.80.